The molecule has 0 bridgehead atoms. The fraction of sp³-hybridized carbons (Fsp3) is 0.588. The Morgan fingerprint density at radius 2 is 2.00 bits per heavy atom. The van der Waals surface area contributed by atoms with Crippen LogP contribution in [0, 0.1) is 13.8 Å². The second-order valence-electron chi connectivity index (χ2n) is 5.97. The van der Waals surface area contributed by atoms with Crippen LogP contribution in [0.25, 0.3) is 0 Å². The largest absolute Gasteiger partial charge is 0.481 e. The number of hydrogen-bond donors (Lipinski definition) is 1. The van der Waals surface area contributed by atoms with Gasteiger partial charge in [-0.05, 0) is 62.8 Å². The van der Waals surface area contributed by atoms with Gasteiger partial charge in [-0.1, -0.05) is 18.2 Å². The maximum absolute atomic E-state index is 10.5. The average Bonchev–Trinajstić information content (AvgIpc) is 3.21. The molecule has 1 aromatic carbocycles. The Labute approximate surface area is 121 Å². The van der Waals surface area contributed by atoms with Crippen LogP contribution in [0.15, 0.2) is 18.2 Å². The lowest BCUT2D eigenvalue weighted by Gasteiger charge is -2.22. The highest BCUT2D eigenvalue weighted by molar-refractivity contribution is 5.66. The smallest absolute Gasteiger partial charge is 0.303 e. The van der Waals surface area contributed by atoms with Crippen molar-refractivity contribution in [3.63, 3.8) is 0 Å². The van der Waals surface area contributed by atoms with Crippen LogP contribution < -0.4 is 0 Å². The van der Waals surface area contributed by atoms with E-state index in [4.69, 9.17) is 5.11 Å². The van der Waals surface area contributed by atoms with Crippen molar-refractivity contribution >= 4 is 5.97 Å². The fourth-order valence-corrected chi connectivity index (χ4v) is 2.56. The zero-order valence-electron chi connectivity index (χ0n) is 12.6. The number of nitrogens with zero attached hydrogens (tertiary/aromatic N) is 1. The Bertz CT molecular complexity index is 466. The Kier molecular flexibility index (Phi) is 5.18. The van der Waals surface area contributed by atoms with E-state index in [-0.39, 0.29) is 0 Å². The molecule has 1 fully saturated rings. The molecule has 0 heterocycles. The molecule has 1 aliphatic carbocycles. The van der Waals surface area contributed by atoms with Crippen LogP contribution in [0.1, 0.15) is 48.8 Å². The fourth-order valence-electron chi connectivity index (χ4n) is 2.56. The normalized spacial score (nSPS) is 14.8. The first-order chi connectivity index (χ1) is 9.56. The number of carbonyl (C=O) groups is 1. The van der Waals surface area contributed by atoms with Gasteiger partial charge in [-0.3, -0.25) is 9.69 Å². The summed E-state index contributed by atoms with van der Waals surface area (Å²) in [5.41, 5.74) is 4.07. The van der Waals surface area contributed by atoms with Gasteiger partial charge in [0.15, 0.2) is 0 Å². The SMILES string of the molecule is Cc1ccc(CN(CCCCC(=O)O)C2CC2)cc1C. The second kappa shape index (κ2) is 6.89. The molecule has 3 heteroatoms. The number of benzene rings is 1. The minimum atomic E-state index is -0.683. The lowest BCUT2D eigenvalue weighted by Crippen LogP contribution is -2.26. The molecule has 1 saturated carbocycles. The maximum Gasteiger partial charge on any atom is 0.303 e. The van der Waals surface area contributed by atoms with Crippen LogP contribution in [-0.2, 0) is 11.3 Å². The molecule has 1 N–H and O–H groups in total. The molecule has 0 unspecified atom stereocenters. The zero-order valence-corrected chi connectivity index (χ0v) is 12.6. The molecule has 1 aliphatic rings. The second-order valence-corrected chi connectivity index (χ2v) is 5.97. The van der Waals surface area contributed by atoms with E-state index >= 15 is 0 Å². The van der Waals surface area contributed by atoms with E-state index in [1.807, 2.05) is 0 Å². The van der Waals surface area contributed by atoms with Crippen molar-refractivity contribution < 1.29 is 9.90 Å². The van der Waals surface area contributed by atoms with Crippen LogP contribution >= 0.6 is 0 Å². The molecule has 0 aromatic heterocycles. The van der Waals surface area contributed by atoms with Gasteiger partial charge in [0, 0.05) is 19.0 Å². The summed E-state index contributed by atoms with van der Waals surface area (Å²) in [5, 5.41) is 8.68. The van der Waals surface area contributed by atoms with Crippen molar-refractivity contribution in [2.24, 2.45) is 0 Å². The van der Waals surface area contributed by atoms with Crippen LogP contribution in [-0.4, -0.2) is 28.6 Å². The summed E-state index contributed by atoms with van der Waals surface area (Å²) in [6, 6.07) is 7.42. The maximum atomic E-state index is 10.5. The van der Waals surface area contributed by atoms with E-state index in [0.717, 1.165) is 32.0 Å². The monoisotopic (exact) mass is 275 g/mol. The third kappa shape index (κ3) is 4.64. The van der Waals surface area contributed by atoms with Crippen molar-refractivity contribution in [1.82, 2.24) is 4.90 Å². The highest BCUT2D eigenvalue weighted by atomic mass is 16.4. The molecule has 3 nitrogen and oxygen atoms in total. The Balaban J connectivity index is 1.85. The van der Waals surface area contributed by atoms with Gasteiger partial charge in [-0.25, -0.2) is 0 Å². The molecular weight excluding hydrogens is 250 g/mol. The minimum Gasteiger partial charge on any atom is -0.481 e. The highest BCUT2D eigenvalue weighted by Gasteiger charge is 2.28. The van der Waals surface area contributed by atoms with Gasteiger partial charge >= 0.3 is 5.97 Å². The van der Waals surface area contributed by atoms with Crippen molar-refractivity contribution in [1.29, 1.82) is 0 Å². The Morgan fingerprint density at radius 1 is 1.25 bits per heavy atom. The number of unbranched alkanes of at least 4 members (excludes halogenated alkanes) is 1. The molecule has 1 aromatic rings. The number of hydrogen-bond acceptors (Lipinski definition) is 2. The van der Waals surface area contributed by atoms with Crippen molar-refractivity contribution in [3.8, 4) is 0 Å². The van der Waals surface area contributed by atoms with Gasteiger partial charge < -0.3 is 5.11 Å². The molecule has 0 aliphatic heterocycles. The first-order valence-electron chi connectivity index (χ1n) is 7.58. The summed E-state index contributed by atoms with van der Waals surface area (Å²) < 4.78 is 0. The molecule has 20 heavy (non-hydrogen) atoms. The third-order valence-electron chi connectivity index (χ3n) is 4.11. The number of rotatable bonds is 8. The van der Waals surface area contributed by atoms with Gasteiger partial charge in [0.2, 0.25) is 0 Å². The summed E-state index contributed by atoms with van der Waals surface area (Å²) >= 11 is 0. The summed E-state index contributed by atoms with van der Waals surface area (Å²) in [7, 11) is 0. The third-order valence-corrected chi connectivity index (χ3v) is 4.11. The predicted molar refractivity (Wildman–Crippen MR) is 80.8 cm³/mol. The van der Waals surface area contributed by atoms with Crippen LogP contribution in [0.3, 0.4) is 0 Å². The summed E-state index contributed by atoms with van der Waals surface area (Å²) in [5.74, 6) is -0.683. The highest BCUT2D eigenvalue weighted by Crippen LogP contribution is 2.29. The topological polar surface area (TPSA) is 40.5 Å². The van der Waals surface area contributed by atoms with Crippen molar-refractivity contribution in [2.75, 3.05) is 6.54 Å². The number of carboxylic acids is 1. The zero-order chi connectivity index (χ0) is 14.5. The first kappa shape index (κ1) is 15.0. The Hall–Kier alpha value is -1.35. The van der Waals surface area contributed by atoms with Gasteiger partial charge in [0.25, 0.3) is 0 Å². The molecule has 0 saturated heterocycles. The molecule has 0 amide bonds. The van der Waals surface area contributed by atoms with Gasteiger partial charge in [0.05, 0.1) is 0 Å². The number of aryl methyl sites for hydroxylation is 2. The van der Waals surface area contributed by atoms with Crippen LogP contribution in [0.2, 0.25) is 0 Å². The van der Waals surface area contributed by atoms with E-state index in [1.165, 1.54) is 29.5 Å². The van der Waals surface area contributed by atoms with Crippen LogP contribution in [0.5, 0.6) is 0 Å². The van der Waals surface area contributed by atoms with Crippen molar-refractivity contribution in [2.45, 2.75) is 58.5 Å². The lowest BCUT2D eigenvalue weighted by molar-refractivity contribution is -0.137. The number of carboxylic acid groups (broad SMARTS) is 1. The van der Waals surface area contributed by atoms with Gasteiger partial charge in [-0.15, -0.1) is 0 Å². The molecular formula is C17H25NO2. The minimum absolute atomic E-state index is 0.294. The standard InChI is InChI=1S/C17H25NO2/c1-13-6-7-15(11-14(13)2)12-18(16-8-9-16)10-4-3-5-17(19)20/h6-7,11,16H,3-5,8-10,12H2,1-2H3,(H,19,20). The first-order valence-corrected chi connectivity index (χ1v) is 7.58. The molecule has 0 radical (unpaired) electrons. The predicted octanol–water partition coefficient (Wildman–Crippen LogP) is 3.52. The van der Waals surface area contributed by atoms with E-state index in [9.17, 15) is 4.79 Å². The summed E-state index contributed by atoms with van der Waals surface area (Å²) in [4.78, 5) is 13.1. The molecule has 0 atom stereocenters. The lowest BCUT2D eigenvalue weighted by atomic mass is 10.1. The summed E-state index contributed by atoms with van der Waals surface area (Å²) in [6.45, 7) is 6.32. The van der Waals surface area contributed by atoms with Gasteiger partial charge in [0.1, 0.15) is 0 Å². The molecule has 2 rings (SSSR count). The van der Waals surface area contributed by atoms with Gasteiger partial charge in [-0.2, -0.15) is 0 Å². The van der Waals surface area contributed by atoms with E-state index in [2.05, 4.69) is 36.9 Å². The number of aliphatic carboxylic acids is 1. The van der Waals surface area contributed by atoms with Crippen LogP contribution in [0.4, 0.5) is 0 Å². The van der Waals surface area contributed by atoms with Crippen molar-refractivity contribution in [3.05, 3.63) is 34.9 Å². The van der Waals surface area contributed by atoms with E-state index in [1.54, 1.807) is 0 Å². The summed E-state index contributed by atoms with van der Waals surface area (Å²) in [6.07, 6.45) is 4.65. The average molecular weight is 275 g/mol. The Morgan fingerprint density at radius 3 is 2.60 bits per heavy atom. The van der Waals surface area contributed by atoms with E-state index in [0.29, 0.717) is 6.42 Å². The molecule has 110 valence electrons. The van der Waals surface area contributed by atoms with E-state index < -0.39 is 5.97 Å². The quantitative estimate of drug-likeness (QED) is 0.738. The molecule has 0 spiro atoms.